The van der Waals surface area contributed by atoms with Gasteiger partial charge in [0.1, 0.15) is 0 Å². The van der Waals surface area contributed by atoms with Gasteiger partial charge in [-0.05, 0) is 30.0 Å². The van der Waals surface area contributed by atoms with Crippen LogP contribution in [0.3, 0.4) is 0 Å². The van der Waals surface area contributed by atoms with Gasteiger partial charge in [0.05, 0.1) is 11.7 Å². The summed E-state index contributed by atoms with van der Waals surface area (Å²) in [6, 6.07) is 14.7. The van der Waals surface area contributed by atoms with Gasteiger partial charge in [0.2, 0.25) is 0 Å². The summed E-state index contributed by atoms with van der Waals surface area (Å²) in [5.74, 6) is -1.80. The van der Waals surface area contributed by atoms with Crippen molar-refractivity contribution in [2.75, 3.05) is 10.2 Å². The molecule has 1 N–H and O–H groups in total. The monoisotopic (exact) mass is 327 g/mol. The van der Waals surface area contributed by atoms with Crippen molar-refractivity contribution in [1.29, 1.82) is 0 Å². The first-order valence-corrected chi connectivity index (χ1v) is 7.62. The van der Waals surface area contributed by atoms with Crippen LogP contribution < -0.4 is 15.3 Å². The number of carboxylic acids is 1. The summed E-state index contributed by atoms with van der Waals surface area (Å²) in [6.07, 6.45) is 0. The van der Waals surface area contributed by atoms with Gasteiger partial charge >= 0.3 is 0 Å². The largest absolute Gasteiger partial charge is 0.545 e. The molecule has 1 fully saturated rings. The summed E-state index contributed by atoms with van der Waals surface area (Å²) in [6.45, 7) is 0. The maximum absolute atomic E-state index is 12.5. The number of hydrogen-bond acceptors (Lipinski definition) is 6. The lowest BCUT2D eigenvalue weighted by Crippen LogP contribution is -2.35. The van der Waals surface area contributed by atoms with E-state index < -0.39 is 22.5 Å². The number of carbonyl (C=O) groups excluding carboxylic acids is 3. The molecule has 6 nitrogen and oxygen atoms in total. The SMILES string of the molecule is O=C([O-])c1ccccc1N[C@@H]1SC(=O)N(c2ccccc2)C1=O. The number of hydrogen-bond donors (Lipinski definition) is 1. The fraction of sp³-hybridized carbons (Fsp3) is 0.0625. The fourth-order valence-electron chi connectivity index (χ4n) is 2.24. The van der Waals surface area contributed by atoms with E-state index in [4.69, 9.17) is 0 Å². The Bertz CT molecular complexity index is 779. The van der Waals surface area contributed by atoms with Crippen LogP contribution in [0.15, 0.2) is 54.6 Å². The predicted octanol–water partition coefficient (Wildman–Crippen LogP) is 1.69. The lowest BCUT2D eigenvalue weighted by Gasteiger charge is -2.17. The lowest BCUT2D eigenvalue weighted by atomic mass is 10.2. The summed E-state index contributed by atoms with van der Waals surface area (Å²) in [4.78, 5) is 36.7. The molecule has 0 bridgehead atoms. The van der Waals surface area contributed by atoms with Gasteiger partial charge in [0.25, 0.3) is 11.1 Å². The fourth-order valence-corrected chi connectivity index (χ4v) is 3.13. The van der Waals surface area contributed by atoms with E-state index in [-0.39, 0.29) is 11.3 Å². The minimum absolute atomic E-state index is 0.0634. The van der Waals surface area contributed by atoms with Crippen molar-refractivity contribution in [3.8, 4) is 0 Å². The van der Waals surface area contributed by atoms with Gasteiger partial charge in [-0.15, -0.1) is 0 Å². The van der Waals surface area contributed by atoms with E-state index in [1.807, 2.05) is 0 Å². The second-order valence-electron chi connectivity index (χ2n) is 4.75. The molecule has 0 spiro atoms. The van der Waals surface area contributed by atoms with Crippen molar-refractivity contribution < 1.29 is 19.5 Å². The zero-order chi connectivity index (χ0) is 16.4. The number of rotatable bonds is 4. The molecule has 0 radical (unpaired) electrons. The van der Waals surface area contributed by atoms with Gasteiger partial charge in [-0.2, -0.15) is 0 Å². The molecular weight excluding hydrogens is 316 g/mol. The van der Waals surface area contributed by atoms with Crippen LogP contribution in [-0.4, -0.2) is 22.5 Å². The third kappa shape index (κ3) is 2.91. The molecule has 0 unspecified atom stereocenters. The van der Waals surface area contributed by atoms with Crippen molar-refractivity contribution in [3.05, 3.63) is 60.2 Å². The maximum atomic E-state index is 12.5. The summed E-state index contributed by atoms with van der Waals surface area (Å²) < 4.78 is 0. The standard InChI is InChI=1S/C16H12N2O4S/c19-14-13(17-12-9-5-4-8-11(12)15(20)21)23-16(22)18(14)10-6-2-1-3-7-10/h1-9,13,17H,(H,20,21)/p-1/t13-/m1/s1. The van der Waals surface area contributed by atoms with Crippen molar-refractivity contribution >= 4 is 40.3 Å². The molecule has 116 valence electrons. The van der Waals surface area contributed by atoms with Crippen LogP contribution in [0.5, 0.6) is 0 Å². The number of amides is 2. The first-order valence-electron chi connectivity index (χ1n) is 6.74. The normalized spacial score (nSPS) is 17.4. The second-order valence-corrected chi connectivity index (χ2v) is 5.81. The van der Waals surface area contributed by atoms with E-state index in [9.17, 15) is 19.5 Å². The van der Waals surface area contributed by atoms with Crippen LogP contribution in [0.2, 0.25) is 0 Å². The minimum Gasteiger partial charge on any atom is -0.545 e. The zero-order valence-corrected chi connectivity index (χ0v) is 12.6. The average molecular weight is 327 g/mol. The van der Waals surface area contributed by atoms with Crippen LogP contribution in [0.25, 0.3) is 0 Å². The van der Waals surface area contributed by atoms with E-state index in [1.54, 1.807) is 42.5 Å². The summed E-state index contributed by atoms with van der Waals surface area (Å²) >= 11 is 0.805. The third-order valence-electron chi connectivity index (χ3n) is 3.29. The highest BCUT2D eigenvalue weighted by atomic mass is 32.2. The first-order chi connectivity index (χ1) is 11.1. The molecule has 7 heteroatoms. The molecule has 1 atom stereocenters. The Hall–Kier alpha value is -2.80. The van der Waals surface area contributed by atoms with E-state index in [1.165, 1.54) is 12.1 Å². The van der Waals surface area contributed by atoms with E-state index >= 15 is 0 Å². The number of aromatic carboxylic acids is 1. The smallest absolute Gasteiger partial charge is 0.295 e. The number of thioether (sulfide) groups is 1. The topological polar surface area (TPSA) is 89.5 Å². The Balaban J connectivity index is 1.85. The van der Waals surface area contributed by atoms with Gasteiger partial charge in [0.15, 0.2) is 5.37 Å². The number of para-hydroxylation sites is 2. The Morgan fingerprint density at radius 3 is 2.39 bits per heavy atom. The van der Waals surface area contributed by atoms with Crippen LogP contribution in [0.1, 0.15) is 10.4 Å². The lowest BCUT2D eigenvalue weighted by molar-refractivity contribution is -0.254. The number of nitrogens with zero attached hydrogens (tertiary/aromatic N) is 1. The summed E-state index contributed by atoms with van der Waals surface area (Å²) in [7, 11) is 0. The number of anilines is 2. The van der Waals surface area contributed by atoms with Crippen molar-refractivity contribution in [2.24, 2.45) is 0 Å². The van der Waals surface area contributed by atoms with Gasteiger partial charge < -0.3 is 15.2 Å². The number of nitrogens with one attached hydrogen (secondary N) is 1. The minimum atomic E-state index is -1.35. The molecule has 23 heavy (non-hydrogen) atoms. The van der Waals surface area contributed by atoms with Gasteiger partial charge in [-0.3, -0.25) is 9.59 Å². The highest BCUT2D eigenvalue weighted by Crippen LogP contribution is 2.32. The highest BCUT2D eigenvalue weighted by Gasteiger charge is 2.40. The second kappa shape index (κ2) is 6.13. The summed E-state index contributed by atoms with van der Waals surface area (Å²) in [5, 5.41) is 12.6. The molecule has 1 heterocycles. The number of imide groups is 1. The van der Waals surface area contributed by atoms with Gasteiger partial charge in [-0.1, -0.05) is 36.4 Å². The Morgan fingerprint density at radius 2 is 1.70 bits per heavy atom. The molecule has 2 aromatic carbocycles. The van der Waals surface area contributed by atoms with Crippen molar-refractivity contribution in [2.45, 2.75) is 5.37 Å². The molecule has 0 saturated carbocycles. The van der Waals surface area contributed by atoms with Crippen LogP contribution >= 0.6 is 11.8 Å². The number of carbonyl (C=O) groups is 3. The summed E-state index contributed by atoms with van der Waals surface area (Å²) in [5.41, 5.74) is 0.653. The first kappa shape index (κ1) is 15.1. The molecule has 3 rings (SSSR count). The predicted molar refractivity (Wildman–Crippen MR) is 85.1 cm³/mol. The molecule has 1 aliphatic rings. The zero-order valence-electron chi connectivity index (χ0n) is 11.8. The van der Waals surface area contributed by atoms with Crippen LogP contribution in [0.4, 0.5) is 16.2 Å². The molecule has 2 aromatic rings. The Morgan fingerprint density at radius 1 is 1.04 bits per heavy atom. The number of carboxylic acid groups (broad SMARTS) is 1. The van der Waals surface area contributed by atoms with Gasteiger partial charge in [0, 0.05) is 11.3 Å². The maximum Gasteiger partial charge on any atom is 0.295 e. The quantitative estimate of drug-likeness (QED) is 0.919. The van der Waals surface area contributed by atoms with Crippen molar-refractivity contribution in [3.63, 3.8) is 0 Å². The Kier molecular flexibility index (Phi) is 4.03. The highest BCUT2D eigenvalue weighted by molar-refractivity contribution is 8.16. The van der Waals surface area contributed by atoms with Crippen molar-refractivity contribution in [1.82, 2.24) is 0 Å². The average Bonchev–Trinajstić information content (AvgIpc) is 2.82. The third-order valence-corrected chi connectivity index (χ3v) is 4.23. The molecule has 1 saturated heterocycles. The van der Waals surface area contributed by atoms with E-state index in [2.05, 4.69) is 5.32 Å². The number of benzene rings is 2. The van der Waals surface area contributed by atoms with E-state index in [0.717, 1.165) is 16.7 Å². The molecule has 0 aliphatic carbocycles. The van der Waals surface area contributed by atoms with Crippen LogP contribution in [0, 0.1) is 0 Å². The molecule has 0 aromatic heterocycles. The Labute approximate surface area is 136 Å². The molecule has 2 amide bonds. The molecular formula is C16H11N2O4S-. The van der Waals surface area contributed by atoms with Gasteiger partial charge in [-0.25, -0.2) is 4.90 Å². The van der Waals surface area contributed by atoms with E-state index in [0.29, 0.717) is 5.69 Å². The molecule has 1 aliphatic heterocycles. The van der Waals surface area contributed by atoms with Crippen LogP contribution in [-0.2, 0) is 4.79 Å².